The molecule has 1 aliphatic carbocycles. The predicted octanol–water partition coefficient (Wildman–Crippen LogP) is 4.14. The molecule has 0 unspecified atom stereocenters. The molecule has 27 heavy (non-hydrogen) atoms. The number of rotatable bonds is 4. The molecule has 2 heterocycles. The van der Waals surface area contributed by atoms with Gasteiger partial charge < -0.3 is 5.32 Å². The molecule has 2 atom stereocenters. The second-order valence-electron chi connectivity index (χ2n) is 6.84. The van der Waals surface area contributed by atoms with Gasteiger partial charge in [0, 0.05) is 23.6 Å². The van der Waals surface area contributed by atoms with Crippen molar-refractivity contribution in [3.63, 3.8) is 0 Å². The topological polar surface area (TPSA) is 59.3 Å². The number of aromatic nitrogens is 3. The van der Waals surface area contributed by atoms with Crippen molar-refractivity contribution in [2.75, 3.05) is 5.32 Å². The van der Waals surface area contributed by atoms with E-state index in [-0.39, 0.29) is 11.8 Å². The minimum Gasteiger partial charge on any atom is -0.310 e. The second-order valence-corrected chi connectivity index (χ2v) is 6.84. The van der Waals surface area contributed by atoms with Gasteiger partial charge in [-0.05, 0) is 17.9 Å². The van der Waals surface area contributed by atoms with Gasteiger partial charge in [-0.2, -0.15) is 5.10 Å². The first-order valence-electron chi connectivity index (χ1n) is 9.05. The lowest BCUT2D eigenvalue weighted by Gasteiger charge is -2.09. The van der Waals surface area contributed by atoms with Crippen LogP contribution in [0, 0.1) is 5.92 Å². The highest BCUT2D eigenvalue weighted by Gasteiger charge is 2.43. The molecule has 0 bridgehead atoms. The molecule has 0 spiro atoms. The van der Waals surface area contributed by atoms with Crippen LogP contribution in [0.2, 0.25) is 0 Å². The van der Waals surface area contributed by atoms with Crippen molar-refractivity contribution in [3.05, 3.63) is 84.6 Å². The molecule has 1 saturated carbocycles. The summed E-state index contributed by atoms with van der Waals surface area (Å²) in [6, 6.07) is 23.9. The van der Waals surface area contributed by atoms with E-state index in [1.54, 1.807) is 10.7 Å². The van der Waals surface area contributed by atoms with E-state index in [2.05, 4.69) is 27.5 Å². The maximum Gasteiger partial charge on any atom is 0.229 e. The summed E-state index contributed by atoms with van der Waals surface area (Å²) in [5.74, 6) is 0.902. The van der Waals surface area contributed by atoms with E-state index in [0.717, 1.165) is 17.7 Å². The number of carbonyl (C=O) groups is 1. The number of hydrogen-bond donors (Lipinski definition) is 1. The average molecular weight is 354 g/mol. The summed E-state index contributed by atoms with van der Waals surface area (Å²) in [5, 5.41) is 7.36. The Hall–Kier alpha value is -3.47. The van der Waals surface area contributed by atoms with Crippen molar-refractivity contribution in [1.82, 2.24) is 14.6 Å². The van der Waals surface area contributed by atoms with E-state index in [9.17, 15) is 4.79 Å². The molecule has 1 aliphatic rings. The Balaban J connectivity index is 1.42. The van der Waals surface area contributed by atoms with Crippen LogP contribution in [-0.2, 0) is 4.79 Å². The zero-order chi connectivity index (χ0) is 18.2. The Morgan fingerprint density at radius 3 is 2.52 bits per heavy atom. The first kappa shape index (κ1) is 15.8. The minimum absolute atomic E-state index is 0.00973. The molecular weight excluding hydrogens is 336 g/mol. The van der Waals surface area contributed by atoms with E-state index in [0.29, 0.717) is 17.4 Å². The smallest absolute Gasteiger partial charge is 0.229 e. The van der Waals surface area contributed by atoms with Gasteiger partial charge in [-0.15, -0.1) is 0 Å². The molecule has 1 N–H and O–H groups in total. The van der Waals surface area contributed by atoms with Crippen molar-refractivity contribution in [1.29, 1.82) is 0 Å². The van der Waals surface area contributed by atoms with E-state index >= 15 is 0 Å². The lowest BCUT2D eigenvalue weighted by Crippen LogP contribution is -2.16. The van der Waals surface area contributed by atoms with Crippen LogP contribution in [0.25, 0.3) is 16.9 Å². The number of amides is 1. The Bertz CT molecular complexity index is 1110. The molecule has 2 aromatic heterocycles. The summed E-state index contributed by atoms with van der Waals surface area (Å²) in [6.07, 6.45) is 2.60. The minimum atomic E-state index is 0.00973. The van der Waals surface area contributed by atoms with E-state index in [1.807, 2.05) is 60.7 Å². The second kappa shape index (κ2) is 6.36. The van der Waals surface area contributed by atoms with Gasteiger partial charge in [-0.3, -0.25) is 4.79 Å². The van der Waals surface area contributed by atoms with Crippen molar-refractivity contribution >= 4 is 17.4 Å². The number of hydrogen-bond acceptors (Lipinski definition) is 3. The summed E-state index contributed by atoms with van der Waals surface area (Å²) in [6.45, 7) is 0. The van der Waals surface area contributed by atoms with Gasteiger partial charge in [0.25, 0.3) is 0 Å². The SMILES string of the molecule is O=C(Nc1cc(-c2ccccc2)n2nccc2n1)[C@@H]1C[C@@H]1c1ccccc1. The molecule has 4 aromatic rings. The van der Waals surface area contributed by atoms with Crippen LogP contribution in [0.4, 0.5) is 5.82 Å². The highest BCUT2D eigenvalue weighted by Crippen LogP contribution is 2.47. The number of benzene rings is 2. The predicted molar refractivity (Wildman–Crippen MR) is 104 cm³/mol. The van der Waals surface area contributed by atoms with Gasteiger partial charge in [0.05, 0.1) is 11.9 Å². The Kier molecular flexibility index (Phi) is 3.71. The van der Waals surface area contributed by atoms with E-state index < -0.39 is 0 Å². The largest absolute Gasteiger partial charge is 0.310 e. The number of nitrogens with one attached hydrogen (secondary N) is 1. The van der Waals surface area contributed by atoms with Gasteiger partial charge >= 0.3 is 0 Å². The third kappa shape index (κ3) is 2.97. The number of fused-ring (bicyclic) bond motifs is 1. The number of anilines is 1. The fourth-order valence-corrected chi connectivity index (χ4v) is 3.56. The van der Waals surface area contributed by atoms with Gasteiger partial charge in [-0.1, -0.05) is 60.7 Å². The normalized spacial score (nSPS) is 18.4. The molecule has 132 valence electrons. The van der Waals surface area contributed by atoms with E-state index in [4.69, 9.17) is 0 Å². The van der Waals surface area contributed by atoms with Crippen LogP contribution in [0.1, 0.15) is 17.9 Å². The molecule has 2 aromatic carbocycles. The molecule has 1 fully saturated rings. The van der Waals surface area contributed by atoms with Crippen LogP contribution >= 0.6 is 0 Å². The van der Waals surface area contributed by atoms with Gasteiger partial charge in [0.1, 0.15) is 5.82 Å². The molecule has 5 nitrogen and oxygen atoms in total. The van der Waals surface area contributed by atoms with E-state index in [1.165, 1.54) is 5.56 Å². The zero-order valence-corrected chi connectivity index (χ0v) is 14.6. The Morgan fingerprint density at radius 1 is 1.00 bits per heavy atom. The standard InChI is InChI=1S/C22H18N4O/c27-22(18-13-17(18)15-7-3-1-4-8-15)25-20-14-19(16-9-5-2-6-10-16)26-21(24-20)11-12-23-26/h1-12,14,17-18H,13H2,(H,24,25,27)/t17-,18-/m1/s1. The summed E-state index contributed by atoms with van der Waals surface area (Å²) in [7, 11) is 0. The van der Waals surface area contributed by atoms with Crippen molar-refractivity contribution in [2.45, 2.75) is 12.3 Å². The molecule has 0 radical (unpaired) electrons. The third-order valence-corrected chi connectivity index (χ3v) is 5.04. The number of carbonyl (C=O) groups excluding carboxylic acids is 1. The summed E-state index contributed by atoms with van der Waals surface area (Å²) < 4.78 is 1.79. The number of nitrogens with zero attached hydrogens (tertiary/aromatic N) is 3. The highest BCUT2D eigenvalue weighted by molar-refractivity contribution is 5.95. The van der Waals surface area contributed by atoms with Crippen molar-refractivity contribution in [3.8, 4) is 11.3 Å². The van der Waals surface area contributed by atoms with Crippen LogP contribution < -0.4 is 5.32 Å². The monoisotopic (exact) mass is 354 g/mol. The average Bonchev–Trinajstić information content (AvgIpc) is 3.39. The van der Waals surface area contributed by atoms with Crippen LogP contribution in [-0.4, -0.2) is 20.5 Å². The zero-order valence-electron chi connectivity index (χ0n) is 14.6. The summed E-state index contributed by atoms with van der Waals surface area (Å²) >= 11 is 0. The van der Waals surface area contributed by atoms with Crippen molar-refractivity contribution < 1.29 is 4.79 Å². The van der Waals surface area contributed by atoms with Gasteiger partial charge in [0.15, 0.2) is 5.65 Å². The Morgan fingerprint density at radius 2 is 1.74 bits per heavy atom. The molecule has 0 saturated heterocycles. The van der Waals surface area contributed by atoms with Crippen molar-refractivity contribution in [2.24, 2.45) is 5.92 Å². The molecule has 5 rings (SSSR count). The molecule has 1 amide bonds. The van der Waals surface area contributed by atoms with Gasteiger partial charge in [-0.25, -0.2) is 9.50 Å². The maximum atomic E-state index is 12.7. The first-order valence-corrected chi connectivity index (χ1v) is 9.05. The fourth-order valence-electron chi connectivity index (χ4n) is 3.56. The maximum absolute atomic E-state index is 12.7. The van der Waals surface area contributed by atoms with Crippen LogP contribution in [0.5, 0.6) is 0 Å². The lowest BCUT2D eigenvalue weighted by molar-refractivity contribution is -0.117. The molecule has 0 aliphatic heterocycles. The molecular formula is C22H18N4O. The lowest BCUT2D eigenvalue weighted by atomic mass is 10.1. The quantitative estimate of drug-likeness (QED) is 0.599. The highest BCUT2D eigenvalue weighted by atomic mass is 16.2. The summed E-state index contributed by atoms with van der Waals surface area (Å²) in [5.41, 5.74) is 3.86. The third-order valence-electron chi connectivity index (χ3n) is 5.04. The van der Waals surface area contributed by atoms with Crippen LogP contribution in [0.3, 0.4) is 0 Å². The fraction of sp³-hybridized carbons (Fsp3) is 0.136. The summed E-state index contributed by atoms with van der Waals surface area (Å²) in [4.78, 5) is 17.2. The first-order chi connectivity index (χ1) is 13.3. The Labute approximate surface area is 156 Å². The molecule has 5 heteroatoms. The van der Waals surface area contributed by atoms with Gasteiger partial charge in [0.2, 0.25) is 5.91 Å². The van der Waals surface area contributed by atoms with Crippen LogP contribution in [0.15, 0.2) is 79.0 Å².